The van der Waals surface area contributed by atoms with Crippen molar-refractivity contribution in [3.8, 4) is 0 Å². The van der Waals surface area contributed by atoms with Crippen LogP contribution in [-0.4, -0.2) is 34.5 Å². The van der Waals surface area contributed by atoms with Gasteiger partial charge in [0.1, 0.15) is 11.5 Å². The number of aryl methyl sites for hydroxylation is 1. The third-order valence-corrected chi connectivity index (χ3v) is 2.69. The number of H-pyrrole nitrogens is 1. The molecule has 0 saturated carbocycles. The van der Waals surface area contributed by atoms with Crippen molar-refractivity contribution < 1.29 is 4.79 Å². The van der Waals surface area contributed by atoms with E-state index in [2.05, 4.69) is 25.6 Å². The second kappa shape index (κ2) is 6.53. The molecule has 6 nitrogen and oxygen atoms in total. The number of carbonyl (C=O) groups is 1. The molecule has 1 amide bonds. The lowest BCUT2D eigenvalue weighted by Gasteiger charge is -2.06. The molecule has 0 radical (unpaired) electrons. The molecule has 3 N–H and O–H groups in total. The highest BCUT2D eigenvalue weighted by molar-refractivity contribution is 5.92. The van der Waals surface area contributed by atoms with Gasteiger partial charge in [-0.1, -0.05) is 0 Å². The maximum atomic E-state index is 11.4. The highest BCUT2D eigenvalue weighted by Crippen LogP contribution is 2.08. The number of nitrogens with zero attached hydrogens (tertiary/aromatic N) is 2. The second-order valence-electron chi connectivity index (χ2n) is 4.08. The Morgan fingerprint density at radius 1 is 1.37 bits per heavy atom. The Balaban J connectivity index is 1.81. The zero-order valence-corrected chi connectivity index (χ0v) is 10.8. The summed E-state index contributed by atoms with van der Waals surface area (Å²) in [6.07, 6.45) is 7.06. The summed E-state index contributed by atoms with van der Waals surface area (Å²) in [7, 11) is 1.59. The zero-order valence-electron chi connectivity index (χ0n) is 10.8. The minimum Gasteiger partial charge on any atom is -0.385 e. The first-order chi connectivity index (χ1) is 9.29. The lowest BCUT2D eigenvalue weighted by atomic mass is 10.2. The van der Waals surface area contributed by atoms with Gasteiger partial charge in [-0.05, 0) is 18.6 Å². The summed E-state index contributed by atoms with van der Waals surface area (Å²) in [6.45, 7) is 0.817. The predicted molar refractivity (Wildman–Crippen MR) is 73.0 cm³/mol. The van der Waals surface area contributed by atoms with Crippen molar-refractivity contribution >= 4 is 11.6 Å². The molecule has 0 unspecified atom stereocenters. The molecule has 0 aromatic carbocycles. The van der Waals surface area contributed by atoms with Crippen LogP contribution in [0.2, 0.25) is 0 Å². The molecular formula is C13H17N5O. The van der Waals surface area contributed by atoms with E-state index in [4.69, 9.17) is 0 Å². The Labute approximate surface area is 111 Å². The number of aromatic amines is 1. The van der Waals surface area contributed by atoms with Crippen LogP contribution in [0.25, 0.3) is 0 Å². The molecule has 0 fully saturated rings. The lowest BCUT2D eigenvalue weighted by Crippen LogP contribution is -2.19. The highest BCUT2D eigenvalue weighted by Gasteiger charge is 2.04. The van der Waals surface area contributed by atoms with E-state index in [1.807, 2.05) is 12.3 Å². The first-order valence-corrected chi connectivity index (χ1v) is 6.20. The molecule has 0 saturated heterocycles. The Morgan fingerprint density at radius 2 is 2.26 bits per heavy atom. The van der Waals surface area contributed by atoms with E-state index in [0.29, 0.717) is 5.69 Å². The van der Waals surface area contributed by atoms with Crippen molar-refractivity contribution in [2.45, 2.75) is 12.8 Å². The highest BCUT2D eigenvalue weighted by atomic mass is 16.1. The SMILES string of the molecule is CNC(=O)c1cc(NCCCc2ncc[nH]2)ccn1. The van der Waals surface area contributed by atoms with Crippen molar-refractivity contribution in [2.75, 3.05) is 18.9 Å². The number of rotatable bonds is 6. The molecule has 0 aliphatic rings. The van der Waals surface area contributed by atoms with Crippen LogP contribution >= 0.6 is 0 Å². The van der Waals surface area contributed by atoms with Gasteiger partial charge < -0.3 is 15.6 Å². The topological polar surface area (TPSA) is 82.7 Å². The molecule has 100 valence electrons. The Kier molecular flexibility index (Phi) is 4.49. The third-order valence-electron chi connectivity index (χ3n) is 2.69. The van der Waals surface area contributed by atoms with Crippen LogP contribution in [0.3, 0.4) is 0 Å². The van der Waals surface area contributed by atoms with Crippen LogP contribution in [0, 0.1) is 0 Å². The van der Waals surface area contributed by atoms with Crippen molar-refractivity contribution in [3.05, 3.63) is 42.2 Å². The molecule has 0 bridgehead atoms. The van der Waals surface area contributed by atoms with E-state index in [-0.39, 0.29) is 5.91 Å². The summed E-state index contributed by atoms with van der Waals surface area (Å²) in [4.78, 5) is 22.7. The standard InChI is InChI=1S/C13H17N5O/c1-14-13(19)11-9-10(4-6-16-11)15-5-2-3-12-17-7-8-18-12/h4,6-9H,2-3,5H2,1H3,(H,14,19)(H,15,16)(H,17,18). The Bertz CT molecular complexity index is 524. The Morgan fingerprint density at radius 3 is 3.00 bits per heavy atom. The molecule has 0 aliphatic carbocycles. The monoisotopic (exact) mass is 259 g/mol. The van der Waals surface area contributed by atoms with E-state index in [9.17, 15) is 4.79 Å². The van der Waals surface area contributed by atoms with Gasteiger partial charge in [-0.25, -0.2) is 4.98 Å². The fourth-order valence-corrected chi connectivity index (χ4v) is 1.72. The third kappa shape index (κ3) is 3.80. The summed E-state index contributed by atoms with van der Waals surface area (Å²) in [5.41, 5.74) is 1.31. The summed E-state index contributed by atoms with van der Waals surface area (Å²) < 4.78 is 0. The van der Waals surface area contributed by atoms with E-state index >= 15 is 0 Å². The molecule has 19 heavy (non-hydrogen) atoms. The fourth-order valence-electron chi connectivity index (χ4n) is 1.72. The average Bonchev–Trinajstić information content (AvgIpc) is 2.96. The number of hydrogen-bond acceptors (Lipinski definition) is 4. The molecule has 0 aliphatic heterocycles. The molecule has 0 spiro atoms. The minimum atomic E-state index is -0.181. The molecule has 6 heteroatoms. The van der Waals surface area contributed by atoms with Crippen LogP contribution in [-0.2, 0) is 6.42 Å². The van der Waals surface area contributed by atoms with Crippen molar-refractivity contribution in [1.82, 2.24) is 20.3 Å². The van der Waals surface area contributed by atoms with Crippen LogP contribution in [0.15, 0.2) is 30.7 Å². The molecule has 2 aromatic heterocycles. The van der Waals surface area contributed by atoms with E-state index < -0.39 is 0 Å². The zero-order chi connectivity index (χ0) is 13.5. The van der Waals surface area contributed by atoms with Crippen LogP contribution < -0.4 is 10.6 Å². The summed E-state index contributed by atoms with van der Waals surface area (Å²) in [6, 6.07) is 3.59. The van der Waals surface area contributed by atoms with Gasteiger partial charge in [-0.3, -0.25) is 9.78 Å². The van der Waals surface area contributed by atoms with E-state index in [0.717, 1.165) is 30.9 Å². The van der Waals surface area contributed by atoms with Gasteiger partial charge >= 0.3 is 0 Å². The maximum absolute atomic E-state index is 11.4. The van der Waals surface area contributed by atoms with Gasteiger partial charge in [-0.2, -0.15) is 0 Å². The van der Waals surface area contributed by atoms with Gasteiger partial charge in [0.25, 0.3) is 5.91 Å². The number of pyridine rings is 1. The fraction of sp³-hybridized carbons (Fsp3) is 0.308. The van der Waals surface area contributed by atoms with Crippen LogP contribution in [0.5, 0.6) is 0 Å². The largest absolute Gasteiger partial charge is 0.385 e. The molecule has 2 aromatic rings. The molecule has 2 rings (SSSR count). The molecule has 2 heterocycles. The summed E-state index contributed by atoms with van der Waals surface area (Å²) in [5.74, 6) is 0.807. The first kappa shape index (κ1) is 13.1. The summed E-state index contributed by atoms with van der Waals surface area (Å²) >= 11 is 0. The smallest absolute Gasteiger partial charge is 0.269 e. The average molecular weight is 259 g/mol. The van der Waals surface area contributed by atoms with Gasteiger partial charge in [0.15, 0.2) is 0 Å². The van der Waals surface area contributed by atoms with Crippen molar-refractivity contribution in [1.29, 1.82) is 0 Å². The number of hydrogen-bond donors (Lipinski definition) is 3. The Hall–Kier alpha value is -2.37. The number of aromatic nitrogens is 3. The van der Waals surface area contributed by atoms with Crippen LogP contribution in [0.4, 0.5) is 5.69 Å². The summed E-state index contributed by atoms with van der Waals surface area (Å²) in [5, 5.41) is 5.82. The quantitative estimate of drug-likeness (QED) is 0.681. The van der Waals surface area contributed by atoms with E-state index in [1.165, 1.54) is 0 Å². The van der Waals surface area contributed by atoms with Gasteiger partial charge in [0.2, 0.25) is 0 Å². The van der Waals surface area contributed by atoms with Crippen LogP contribution in [0.1, 0.15) is 22.7 Å². The minimum absolute atomic E-state index is 0.181. The molecular weight excluding hydrogens is 242 g/mol. The van der Waals surface area contributed by atoms with E-state index in [1.54, 1.807) is 25.5 Å². The number of imidazole rings is 1. The lowest BCUT2D eigenvalue weighted by molar-refractivity contribution is 0.0958. The number of carbonyl (C=O) groups excluding carboxylic acids is 1. The van der Waals surface area contributed by atoms with Gasteiger partial charge in [0, 0.05) is 44.3 Å². The van der Waals surface area contributed by atoms with Gasteiger partial charge in [0.05, 0.1) is 0 Å². The number of anilines is 1. The first-order valence-electron chi connectivity index (χ1n) is 6.20. The number of nitrogens with one attached hydrogen (secondary N) is 3. The second-order valence-corrected chi connectivity index (χ2v) is 4.08. The van der Waals surface area contributed by atoms with Gasteiger partial charge in [-0.15, -0.1) is 0 Å². The maximum Gasteiger partial charge on any atom is 0.269 e. The predicted octanol–water partition coefficient (Wildman–Crippen LogP) is 1.21. The van der Waals surface area contributed by atoms with Crippen molar-refractivity contribution in [3.63, 3.8) is 0 Å². The normalized spacial score (nSPS) is 10.2. The molecule has 0 atom stereocenters. The van der Waals surface area contributed by atoms with Crippen molar-refractivity contribution in [2.24, 2.45) is 0 Å². The number of amides is 1.